The summed E-state index contributed by atoms with van der Waals surface area (Å²) >= 11 is 0. The lowest BCUT2D eigenvalue weighted by atomic mass is 10.1. The van der Waals surface area contributed by atoms with Gasteiger partial charge < -0.3 is 14.7 Å². The van der Waals surface area contributed by atoms with E-state index in [1.54, 1.807) is 6.07 Å². The van der Waals surface area contributed by atoms with Crippen molar-refractivity contribution in [3.05, 3.63) is 29.1 Å². The van der Waals surface area contributed by atoms with Crippen LogP contribution in [-0.4, -0.2) is 41.7 Å². The van der Waals surface area contributed by atoms with Crippen LogP contribution in [0.4, 0.5) is 13.2 Å². The van der Waals surface area contributed by atoms with E-state index in [0.717, 1.165) is 4.90 Å². The monoisotopic (exact) mass is 286 g/mol. The molecule has 0 spiro atoms. The molecule has 1 unspecified atom stereocenters. The van der Waals surface area contributed by atoms with Crippen LogP contribution in [0.2, 0.25) is 0 Å². The number of phenols is 1. The molecule has 1 aromatic carbocycles. The number of hydrogen-bond donors (Lipinski definition) is 1. The minimum Gasteiger partial charge on any atom is -0.503 e. The molecule has 20 heavy (non-hydrogen) atoms. The van der Waals surface area contributed by atoms with Crippen molar-refractivity contribution >= 4 is 5.91 Å². The number of morpholine rings is 1. The molecule has 2 rings (SSSR count). The Morgan fingerprint density at radius 3 is 2.80 bits per heavy atom. The molecule has 0 bridgehead atoms. The molecule has 1 fully saturated rings. The molecule has 1 atom stereocenters. The van der Waals surface area contributed by atoms with Crippen LogP contribution < -0.4 is 0 Å². The third kappa shape index (κ3) is 2.40. The molecule has 106 valence electrons. The average molecular weight is 286 g/mol. The maximum Gasteiger partial charge on any atom is 0.257 e. The van der Waals surface area contributed by atoms with E-state index in [-0.39, 0.29) is 19.7 Å². The molecule has 1 saturated heterocycles. The van der Waals surface area contributed by atoms with Gasteiger partial charge in [-0.25, -0.2) is 8.78 Å². The van der Waals surface area contributed by atoms with Gasteiger partial charge in [0.2, 0.25) is 5.82 Å². The van der Waals surface area contributed by atoms with Crippen LogP contribution in [0.5, 0.6) is 5.75 Å². The number of phenolic OH excluding ortho intramolecular Hbond substituents is 1. The number of ether oxygens (including phenoxy) is 1. The van der Waals surface area contributed by atoms with Crippen LogP contribution in [0, 0.1) is 28.8 Å². The first-order valence-corrected chi connectivity index (χ1v) is 5.62. The van der Waals surface area contributed by atoms with E-state index in [1.807, 2.05) is 0 Å². The third-order valence-corrected chi connectivity index (χ3v) is 2.86. The van der Waals surface area contributed by atoms with Gasteiger partial charge in [-0.1, -0.05) is 0 Å². The molecule has 0 radical (unpaired) electrons. The molecular formula is C12H9F3N2O3. The molecular weight excluding hydrogens is 277 g/mol. The average Bonchev–Trinajstić information content (AvgIpc) is 2.48. The zero-order chi connectivity index (χ0) is 14.9. The number of hydrogen-bond acceptors (Lipinski definition) is 4. The zero-order valence-corrected chi connectivity index (χ0v) is 10.1. The van der Waals surface area contributed by atoms with Crippen molar-refractivity contribution in [1.29, 1.82) is 5.26 Å². The van der Waals surface area contributed by atoms with Crippen molar-refractivity contribution in [3.63, 3.8) is 0 Å². The fourth-order valence-corrected chi connectivity index (χ4v) is 1.83. The van der Waals surface area contributed by atoms with Crippen molar-refractivity contribution in [2.75, 3.05) is 19.7 Å². The van der Waals surface area contributed by atoms with Gasteiger partial charge in [-0.15, -0.1) is 0 Å². The topological polar surface area (TPSA) is 73.6 Å². The van der Waals surface area contributed by atoms with Crippen LogP contribution in [0.3, 0.4) is 0 Å². The lowest BCUT2D eigenvalue weighted by Gasteiger charge is -2.29. The summed E-state index contributed by atoms with van der Waals surface area (Å²) in [5.74, 6) is -7.30. The number of amides is 1. The fourth-order valence-electron chi connectivity index (χ4n) is 1.83. The molecule has 0 aromatic heterocycles. The van der Waals surface area contributed by atoms with E-state index in [2.05, 4.69) is 0 Å². The minimum absolute atomic E-state index is 0.0707. The van der Waals surface area contributed by atoms with Gasteiger partial charge in [-0.2, -0.15) is 9.65 Å². The first-order chi connectivity index (χ1) is 9.45. The highest BCUT2D eigenvalue weighted by Gasteiger charge is 2.29. The number of benzene rings is 1. The van der Waals surface area contributed by atoms with E-state index in [4.69, 9.17) is 15.1 Å². The van der Waals surface area contributed by atoms with Crippen LogP contribution >= 0.6 is 0 Å². The molecule has 1 N–H and O–H groups in total. The maximum atomic E-state index is 13.6. The predicted molar refractivity (Wildman–Crippen MR) is 59.2 cm³/mol. The quantitative estimate of drug-likeness (QED) is 0.787. The lowest BCUT2D eigenvalue weighted by Crippen LogP contribution is -2.45. The van der Waals surface area contributed by atoms with E-state index in [1.165, 1.54) is 0 Å². The van der Waals surface area contributed by atoms with E-state index in [9.17, 15) is 18.0 Å². The normalized spacial score (nSPS) is 18.7. The highest BCUT2D eigenvalue weighted by atomic mass is 19.2. The van der Waals surface area contributed by atoms with Gasteiger partial charge in [0.1, 0.15) is 0 Å². The zero-order valence-electron chi connectivity index (χ0n) is 10.1. The number of aromatic hydroxyl groups is 1. The SMILES string of the molecule is N#CC1CN(C(=O)c2cc(F)c(F)c(O)c2F)CCO1. The third-order valence-electron chi connectivity index (χ3n) is 2.86. The second-order valence-electron chi connectivity index (χ2n) is 4.12. The summed E-state index contributed by atoms with van der Waals surface area (Å²) < 4.78 is 44.7. The Morgan fingerprint density at radius 2 is 2.15 bits per heavy atom. The lowest BCUT2D eigenvalue weighted by molar-refractivity contribution is 0.00320. The maximum absolute atomic E-state index is 13.6. The second-order valence-corrected chi connectivity index (χ2v) is 4.12. The Bertz CT molecular complexity index is 601. The number of carbonyl (C=O) groups excluding carboxylic acids is 1. The Labute approximate surface area is 111 Å². The second kappa shape index (κ2) is 5.38. The summed E-state index contributed by atoms with van der Waals surface area (Å²) in [6, 6.07) is 2.17. The van der Waals surface area contributed by atoms with Crippen molar-refractivity contribution in [2.24, 2.45) is 0 Å². The number of nitrogens with zero attached hydrogens (tertiary/aromatic N) is 2. The van der Waals surface area contributed by atoms with Gasteiger partial charge >= 0.3 is 0 Å². The molecule has 1 amide bonds. The molecule has 5 nitrogen and oxygen atoms in total. The van der Waals surface area contributed by atoms with Gasteiger partial charge in [0.15, 0.2) is 23.5 Å². The first-order valence-electron chi connectivity index (χ1n) is 5.62. The molecule has 1 aromatic rings. The largest absolute Gasteiger partial charge is 0.503 e. The van der Waals surface area contributed by atoms with Crippen LogP contribution in [-0.2, 0) is 4.74 Å². The summed E-state index contributed by atoms with van der Waals surface area (Å²) in [5.41, 5.74) is -0.792. The van der Waals surface area contributed by atoms with Crippen LogP contribution in [0.1, 0.15) is 10.4 Å². The van der Waals surface area contributed by atoms with Crippen LogP contribution in [0.15, 0.2) is 6.07 Å². The highest BCUT2D eigenvalue weighted by Crippen LogP contribution is 2.27. The fraction of sp³-hybridized carbons (Fsp3) is 0.333. The van der Waals surface area contributed by atoms with E-state index >= 15 is 0 Å². The summed E-state index contributed by atoms with van der Waals surface area (Å²) in [4.78, 5) is 13.1. The molecule has 1 heterocycles. The van der Waals surface area contributed by atoms with Crippen molar-refractivity contribution in [3.8, 4) is 11.8 Å². The molecule has 8 heteroatoms. The molecule has 0 saturated carbocycles. The predicted octanol–water partition coefficient (Wildman–Crippen LogP) is 1.17. The Balaban J connectivity index is 2.32. The van der Waals surface area contributed by atoms with Crippen LogP contribution in [0.25, 0.3) is 0 Å². The number of nitriles is 1. The van der Waals surface area contributed by atoms with Gasteiger partial charge in [0.25, 0.3) is 5.91 Å². The summed E-state index contributed by atoms with van der Waals surface area (Å²) in [6.07, 6.45) is -0.866. The molecule has 1 aliphatic heterocycles. The minimum atomic E-state index is -1.75. The van der Waals surface area contributed by atoms with Gasteiger partial charge in [0.05, 0.1) is 24.8 Å². The summed E-state index contributed by atoms with van der Waals surface area (Å²) in [7, 11) is 0. The highest BCUT2D eigenvalue weighted by molar-refractivity contribution is 5.95. The summed E-state index contributed by atoms with van der Waals surface area (Å²) in [5, 5.41) is 17.8. The van der Waals surface area contributed by atoms with Gasteiger partial charge in [-0.3, -0.25) is 4.79 Å². The van der Waals surface area contributed by atoms with E-state index < -0.39 is 40.8 Å². The number of rotatable bonds is 1. The van der Waals surface area contributed by atoms with Crippen molar-refractivity contribution in [2.45, 2.75) is 6.10 Å². The van der Waals surface area contributed by atoms with E-state index in [0.29, 0.717) is 6.07 Å². The number of carbonyl (C=O) groups is 1. The summed E-state index contributed by atoms with van der Waals surface area (Å²) in [6.45, 7) is 0.0337. The Morgan fingerprint density at radius 1 is 1.45 bits per heavy atom. The standard InChI is InChI=1S/C12H9F3N2O3/c13-8-3-7(9(14)11(18)10(8)15)12(19)17-1-2-20-6(4-16)5-17/h3,6,18H,1-2,5H2. The van der Waals surface area contributed by atoms with Gasteiger partial charge in [0, 0.05) is 6.54 Å². The van der Waals surface area contributed by atoms with Crippen molar-refractivity contribution < 1.29 is 27.8 Å². The smallest absolute Gasteiger partial charge is 0.257 e. The Hall–Kier alpha value is -2.27. The van der Waals surface area contributed by atoms with Gasteiger partial charge in [-0.05, 0) is 6.07 Å². The van der Waals surface area contributed by atoms with Crippen molar-refractivity contribution in [1.82, 2.24) is 4.90 Å². The first kappa shape index (κ1) is 14.1. The Kier molecular flexibility index (Phi) is 3.81. The molecule has 1 aliphatic rings. The number of halogens is 3. The molecule has 0 aliphatic carbocycles.